The first-order chi connectivity index (χ1) is 11.1. The van der Waals surface area contributed by atoms with Crippen LogP contribution < -0.4 is 5.32 Å². The maximum Gasteiger partial charge on any atom is 0.233 e. The Morgan fingerprint density at radius 3 is 2.46 bits per heavy atom. The zero-order valence-corrected chi connectivity index (χ0v) is 16.6. The van der Waals surface area contributed by atoms with Gasteiger partial charge in [0.15, 0.2) is 0 Å². The number of hydrogen-bond acceptors (Lipinski definition) is 2. The molecule has 2 rings (SSSR count). The zero-order valence-electron chi connectivity index (χ0n) is 15.0. The molecule has 0 saturated carbocycles. The van der Waals surface area contributed by atoms with Gasteiger partial charge in [0.2, 0.25) is 5.91 Å². The van der Waals surface area contributed by atoms with Crippen LogP contribution in [0.25, 0.3) is 0 Å². The molecule has 1 aromatic carbocycles. The number of likely N-dealkylation sites (tertiary alicyclic amines) is 1. The van der Waals surface area contributed by atoms with Crippen molar-refractivity contribution in [2.75, 3.05) is 26.7 Å². The molecule has 1 atom stereocenters. The van der Waals surface area contributed by atoms with E-state index in [9.17, 15) is 4.79 Å². The second-order valence-electron chi connectivity index (χ2n) is 6.61. The Hall–Kier alpha value is -0.770. The van der Waals surface area contributed by atoms with E-state index in [1.165, 1.54) is 6.42 Å². The number of hydrogen-bond donors (Lipinski definition) is 1. The predicted molar refractivity (Wildman–Crippen MR) is 104 cm³/mol. The van der Waals surface area contributed by atoms with Gasteiger partial charge in [0.1, 0.15) is 0 Å². The first-order valence-corrected chi connectivity index (χ1v) is 9.15. The fraction of sp³-hybridized carbons (Fsp3) is 0.632. The standard InChI is InChI=1S/C19H29ClN2O.ClH/c1-4-19(5-2,16-8-10-17(20)11-9-16)18(23)22-12-6-7-15(14-22)13-21-3;/h8-11,15,21H,4-7,12-14H2,1-3H3;1H. The highest BCUT2D eigenvalue weighted by Crippen LogP contribution is 2.35. The number of amides is 1. The number of halogens is 2. The van der Waals surface area contributed by atoms with Crippen LogP contribution in [0, 0.1) is 5.92 Å². The predicted octanol–water partition coefficient (Wildman–Crippen LogP) is 4.28. The number of carbonyl (C=O) groups excluding carboxylic acids is 1. The molecular weight excluding hydrogens is 343 g/mol. The van der Waals surface area contributed by atoms with Gasteiger partial charge in [0.25, 0.3) is 0 Å². The summed E-state index contributed by atoms with van der Waals surface area (Å²) in [6.45, 7) is 6.97. The number of nitrogens with zero attached hydrogens (tertiary/aromatic N) is 1. The third-order valence-electron chi connectivity index (χ3n) is 5.31. The second-order valence-corrected chi connectivity index (χ2v) is 7.05. The number of benzene rings is 1. The van der Waals surface area contributed by atoms with Crippen molar-refractivity contribution in [2.24, 2.45) is 5.92 Å². The summed E-state index contributed by atoms with van der Waals surface area (Å²) in [6, 6.07) is 7.82. The van der Waals surface area contributed by atoms with Gasteiger partial charge in [-0.2, -0.15) is 0 Å². The topological polar surface area (TPSA) is 32.3 Å². The third-order valence-corrected chi connectivity index (χ3v) is 5.56. The molecular formula is C19H30Cl2N2O. The molecule has 136 valence electrons. The molecule has 24 heavy (non-hydrogen) atoms. The third kappa shape index (κ3) is 4.44. The van der Waals surface area contributed by atoms with Gasteiger partial charge in [-0.05, 0) is 62.9 Å². The minimum atomic E-state index is -0.424. The Labute approximate surface area is 157 Å². The minimum absolute atomic E-state index is 0. The lowest BCUT2D eigenvalue weighted by atomic mass is 9.74. The Balaban J connectivity index is 0.00000288. The lowest BCUT2D eigenvalue weighted by Crippen LogP contribution is -2.51. The summed E-state index contributed by atoms with van der Waals surface area (Å²) >= 11 is 6.03. The molecule has 1 fully saturated rings. The molecule has 1 aromatic rings. The Kier molecular flexibility index (Phi) is 8.55. The monoisotopic (exact) mass is 372 g/mol. The quantitative estimate of drug-likeness (QED) is 0.807. The van der Waals surface area contributed by atoms with Crippen molar-refractivity contribution in [1.29, 1.82) is 0 Å². The first-order valence-electron chi connectivity index (χ1n) is 8.77. The van der Waals surface area contributed by atoms with Crippen molar-refractivity contribution in [3.05, 3.63) is 34.9 Å². The van der Waals surface area contributed by atoms with Crippen LogP contribution in [-0.2, 0) is 10.2 Å². The number of rotatable bonds is 6. The van der Waals surface area contributed by atoms with Gasteiger partial charge in [0, 0.05) is 18.1 Å². The maximum absolute atomic E-state index is 13.4. The lowest BCUT2D eigenvalue weighted by Gasteiger charge is -2.40. The fourth-order valence-corrected chi connectivity index (χ4v) is 3.99. The zero-order chi connectivity index (χ0) is 16.9. The van der Waals surface area contributed by atoms with Crippen LogP contribution in [0.2, 0.25) is 5.02 Å². The first kappa shape index (κ1) is 21.3. The van der Waals surface area contributed by atoms with Crippen LogP contribution in [0.3, 0.4) is 0 Å². The van der Waals surface area contributed by atoms with Gasteiger partial charge >= 0.3 is 0 Å². The molecule has 3 nitrogen and oxygen atoms in total. The van der Waals surface area contributed by atoms with Crippen LogP contribution in [0.5, 0.6) is 0 Å². The number of carbonyl (C=O) groups is 1. The summed E-state index contributed by atoms with van der Waals surface area (Å²) in [4.78, 5) is 15.5. The van der Waals surface area contributed by atoms with Gasteiger partial charge in [-0.25, -0.2) is 0 Å². The van der Waals surface area contributed by atoms with E-state index in [2.05, 4.69) is 24.1 Å². The van der Waals surface area contributed by atoms with Crippen LogP contribution >= 0.6 is 24.0 Å². The van der Waals surface area contributed by atoms with E-state index >= 15 is 0 Å². The van der Waals surface area contributed by atoms with Crippen LogP contribution in [0.1, 0.15) is 45.1 Å². The molecule has 1 amide bonds. The minimum Gasteiger partial charge on any atom is -0.342 e. The smallest absolute Gasteiger partial charge is 0.233 e. The highest BCUT2D eigenvalue weighted by atomic mass is 35.5. The summed E-state index contributed by atoms with van der Waals surface area (Å²) < 4.78 is 0. The molecule has 0 bridgehead atoms. The van der Waals surface area contributed by atoms with Crippen molar-refractivity contribution >= 4 is 29.9 Å². The maximum atomic E-state index is 13.4. The van der Waals surface area contributed by atoms with Crippen LogP contribution in [-0.4, -0.2) is 37.5 Å². The summed E-state index contributed by atoms with van der Waals surface area (Å²) in [6.07, 6.45) is 3.94. The summed E-state index contributed by atoms with van der Waals surface area (Å²) in [5.41, 5.74) is 0.666. The molecule has 0 aromatic heterocycles. The van der Waals surface area contributed by atoms with Crippen molar-refractivity contribution in [2.45, 2.75) is 44.9 Å². The van der Waals surface area contributed by atoms with Crippen molar-refractivity contribution in [1.82, 2.24) is 10.2 Å². The molecule has 1 saturated heterocycles. The molecule has 5 heteroatoms. The Bertz CT molecular complexity index is 513. The van der Waals surface area contributed by atoms with Crippen molar-refractivity contribution in [3.8, 4) is 0 Å². The van der Waals surface area contributed by atoms with Crippen molar-refractivity contribution < 1.29 is 4.79 Å². The van der Waals surface area contributed by atoms with Gasteiger partial charge < -0.3 is 10.2 Å². The molecule has 1 N–H and O–H groups in total. The summed E-state index contributed by atoms with van der Waals surface area (Å²) in [5, 5.41) is 3.97. The molecule has 0 spiro atoms. The number of nitrogens with one attached hydrogen (secondary N) is 1. The average Bonchev–Trinajstić information content (AvgIpc) is 2.58. The Morgan fingerprint density at radius 1 is 1.29 bits per heavy atom. The fourth-order valence-electron chi connectivity index (χ4n) is 3.86. The van der Waals surface area contributed by atoms with E-state index < -0.39 is 5.41 Å². The molecule has 0 aliphatic carbocycles. The highest BCUT2D eigenvalue weighted by molar-refractivity contribution is 6.30. The largest absolute Gasteiger partial charge is 0.342 e. The van der Waals surface area contributed by atoms with E-state index in [1.807, 2.05) is 31.3 Å². The van der Waals surface area contributed by atoms with E-state index in [0.717, 1.165) is 49.5 Å². The summed E-state index contributed by atoms with van der Waals surface area (Å²) in [5.74, 6) is 0.847. The average molecular weight is 373 g/mol. The van der Waals surface area contributed by atoms with Crippen LogP contribution in [0.15, 0.2) is 24.3 Å². The lowest BCUT2D eigenvalue weighted by molar-refractivity contribution is -0.139. The molecule has 1 aliphatic heterocycles. The van der Waals surface area contributed by atoms with Crippen LogP contribution in [0.4, 0.5) is 0 Å². The second kappa shape index (κ2) is 9.65. The van der Waals surface area contributed by atoms with E-state index in [4.69, 9.17) is 11.6 Å². The summed E-state index contributed by atoms with van der Waals surface area (Å²) in [7, 11) is 1.98. The molecule has 0 radical (unpaired) electrons. The van der Waals surface area contributed by atoms with E-state index in [-0.39, 0.29) is 18.3 Å². The van der Waals surface area contributed by atoms with Gasteiger partial charge in [-0.15, -0.1) is 12.4 Å². The van der Waals surface area contributed by atoms with Gasteiger partial charge in [-0.1, -0.05) is 37.6 Å². The van der Waals surface area contributed by atoms with Gasteiger partial charge in [0.05, 0.1) is 5.41 Å². The van der Waals surface area contributed by atoms with E-state index in [1.54, 1.807) is 0 Å². The Morgan fingerprint density at radius 2 is 1.92 bits per heavy atom. The molecule has 1 heterocycles. The van der Waals surface area contributed by atoms with Crippen molar-refractivity contribution in [3.63, 3.8) is 0 Å². The van der Waals surface area contributed by atoms with Gasteiger partial charge in [-0.3, -0.25) is 4.79 Å². The number of piperidine rings is 1. The highest BCUT2D eigenvalue weighted by Gasteiger charge is 2.40. The SMILES string of the molecule is CCC(CC)(C(=O)N1CCCC(CNC)C1)c1ccc(Cl)cc1.Cl. The molecule has 1 unspecified atom stereocenters. The normalized spacial score (nSPS) is 18.2. The molecule has 1 aliphatic rings. The van der Waals surface area contributed by atoms with E-state index in [0.29, 0.717) is 5.92 Å².